The van der Waals surface area contributed by atoms with E-state index < -0.39 is 5.54 Å². The Hall–Kier alpha value is -1.58. The van der Waals surface area contributed by atoms with Gasteiger partial charge in [0.05, 0.1) is 0 Å². The molecule has 2 rings (SSSR count). The zero-order valence-electron chi connectivity index (χ0n) is 8.53. The fourth-order valence-corrected chi connectivity index (χ4v) is 1.78. The average molecular weight is 208 g/mol. The highest BCUT2D eigenvalue weighted by molar-refractivity contribution is 5.74. The van der Waals surface area contributed by atoms with Crippen molar-refractivity contribution < 1.29 is 9.13 Å². The lowest BCUT2D eigenvalue weighted by molar-refractivity contribution is 0.248. The van der Waals surface area contributed by atoms with Gasteiger partial charge in [0.25, 0.3) is 6.02 Å². The maximum absolute atomic E-state index is 13.1. The summed E-state index contributed by atoms with van der Waals surface area (Å²) < 4.78 is 18.3. The zero-order valence-corrected chi connectivity index (χ0v) is 8.53. The van der Waals surface area contributed by atoms with Gasteiger partial charge in [-0.2, -0.15) is 0 Å². The summed E-state index contributed by atoms with van der Waals surface area (Å²) in [4.78, 5) is 4.26. The molecule has 15 heavy (non-hydrogen) atoms. The summed E-state index contributed by atoms with van der Waals surface area (Å²) in [5.41, 5.74) is 5.80. The molecule has 0 spiro atoms. The van der Waals surface area contributed by atoms with Gasteiger partial charge in [-0.05, 0) is 24.1 Å². The molecule has 3 nitrogen and oxygen atoms in total. The third-order valence-corrected chi connectivity index (χ3v) is 2.73. The summed E-state index contributed by atoms with van der Waals surface area (Å²) in [5, 5.41) is 0. The predicted molar refractivity (Wildman–Crippen MR) is 55.9 cm³/mol. The highest BCUT2D eigenvalue weighted by Gasteiger charge is 2.36. The number of benzene rings is 1. The van der Waals surface area contributed by atoms with Crippen LogP contribution >= 0.6 is 0 Å². The van der Waals surface area contributed by atoms with E-state index in [0.717, 1.165) is 12.0 Å². The van der Waals surface area contributed by atoms with E-state index in [1.165, 1.54) is 12.1 Å². The van der Waals surface area contributed by atoms with Gasteiger partial charge in [-0.1, -0.05) is 19.1 Å². The molecule has 1 aromatic rings. The minimum absolute atomic E-state index is 0.182. The van der Waals surface area contributed by atoms with Crippen LogP contribution in [-0.4, -0.2) is 12.6 Å². The normalized spacial score (nSPS) is 24.8. The molecule has 80 valence electrons. The Bertz CT molecular complexity index is 405. The van der Waals surface area contributed by atoms with Crippen molar-refractivity contribution in [3.63, 3.8) is 0 Å². The minimum atomic E-state index is -0.508. The number of nitrogens with two attached hydrogens (primary N) is 1. The predicted octanol–water partition coefficient (Wildman–Crippen LogP) is 1.78. The summed E-state index contributed by atoms with van der Waals surface area (Å²) in [6.45, 7) is 2.37. The Kier molecular flexibility index (Phi) is 2.34. The molecule has 0 amide bonds. The number of nitrogens with zero attached hydrogens (tertiary/aromatic N) is 1. The number of hydrogen-bond donors (Lipinski definition) is 1. The minimum Gasteiger partial charge on any atom is -0.462 e. The summed E-state index contributed by atoms with van der Waals surface area (Å²) in [5.74, 6) is -0.263. The van der Waals surface area contributed by atoms with Crippen molar-refractivity contribution in [1.29, 1.82) is 0 Å². The summed E-state index contributed by atoms with van der Waals surface area (Å²) in [6, 6.07) is 6.59. The monoisotopic (exact) mass is 208 g/mol. The summed E-state index contributed by atoms with van der Waals surface area (Å²) in [7, 11) is 0. The molecular weight excluding hydrogens is 195 g/mol. The first kappa shape index (κ1) is 9.96. The number of ether oxygens (including phenoxy) is 1. The third kappa shape index (κ3) is 1.67. The van der Waals surface area contributed by atoms with Crippen molar-refractivity contribution >= 4 is 6.02 Å². The first-order chi connectivity index (χ1) is 7.16. The number of rotatable bonds is 2. The fourth-order valence-electron chi connectivity index (χ4n) is 1.78. The second-order valence-corrected chi connectivity index (χ2v) is 3.63. The van der Waals surface area contributed by atoms with E-state index >= 15 is 0 Å². The van der Waals surface area contributed by atoms with Gasteiger partial charge in [-0.15, -0.1) is 0 Å². The molecule has 0 aliphatic carbocycles. The quantitative estimate of drug-likeness (QED) is 0.805. The lowest BCUT2D eigenvalue weighted by Crippen LogP contribution is -2.24. The topological polar surface area (TPSA) is 47.6 Å². The molecule has 0 radical (unpaired) electrons. The summed E-state index contributed by atoms with van der Waals surface area (Å²) >= 11 is 0. The van der Waals surface area contributed by atoms with Crippen LogP contribution in [0.5, 0.6) is 0 Å². The highest BCUT2D eigenvalue weighted by Crippen LogP contribution is 2.33. The van der Waals surface area contributed by atoms with E-state index in [4.69, 9.17) is 10.5 Å². The van der Waals surface area contributed by atoms with Gasteiger partial charge in [0, 0.05) is 0 Å². The van der Waals surface area contributed by atoms with Gasteiger partial charge in [-0.3, -0.25) is 0 Å². The molecule has 1 heterocycles. The van der Waals surface area contributed by atoms with Crippen molar-refractivity contribution in [2.24, 2.45) is 10.7 Å². The Labute approximate surface area is 87.8 Å². The lowest BCUT2D eigenvalue weighted by atomic mass is 9.89. The van der Waals surface area contributed by atoms with Gasteiger partial charge in [0.1, 0.15) is 18.0 Å². The molecular formula is C11H13FN2O. The maximum Gasteiger partial charge on any atom is 0.283 e. The van der Waals surface area contributed by atoms with Crippen LogP contribution in [0.3, 0.4) is 0 Å². The van der Waals surface area contributed by atoms with Crippen LogP contribution in [0.15, 0.2) is 29.3 Å². The van der Waals surface area contributed by atoms with Crippen LogP contribution in [-0.2, 0) is 10.3 Å². The van der Waals surface area contributed by atoms with Crippen molar-refractivity contribution in [2.45, 2.75) is 18.9 Å². The standard InChI is InChI=1S/C11H13FN2O/c1-2-11(7-15-10(13)14-11)8-4-3-5-9(12)6-8/h3-6H,2,7H2,1H3,(H2,13,14). The Morgan fingerprint density at radius 1 is 1.60 bits per heavy atom. The molecule has 0 bridgehead atoms. The van der Waals surface area contributed by atoms with Crippen molar-refractivity contribution in [2.75, 3.05) is 6.61 Å². The second-order valence-electron chi connectivity index (χ2n) is 3.63. The SMILES string of the molecule is CCC1(c2cccc(F)c2)COC(N)=N1. The lowest BCUT2D eigenvalue weighted by Gasteiger charge is -2.22. The Morgan fingerprint density at radius 2 is 2.40 bits per heavy atom. The van der Waals surface area contributed by atoms with Gasteiger partial charge >= 0.3 is 0 Å². The van der Waals surface area contributed by atoms with E-state index in [9.17, 15) is 4.39 Å². The van der Waals surface area contributed by atoms with E-state index in [-0.39, 0.29) is 11.8 Å². The molecule has 1 unspecified atom stereocenters. The van der Waals surface area contributed by atoms with Gasteiger partial charge < -0.3 is 10.5 Å². The molecule has 2 N–H and O–H groups in total. The highest BCUT2D eigenvalue weighted by atomic mass is 19.1. The Morgan fingerprint density at radius 3 is 2.93 bits per heavy atom. The Balaban J connectivity index is 2.43. The number of aliphatic imine (C=N–C) groups is 1. The molecule has 1 atom stereocenters. The van der Waals surface area contributed by atoms with E-state index in [1.54, 1.807) is 6.07 Å². The van der Waals surface area contributed by atoms with Crippen molar-refractivity contribution in [3.8, 4) is 0 Å². The first-order valence-electron chi connectivity index (χ1n) is 4.90. The van der Waals surface area contributed by atoms with Crippen LogP contribution in [0.4, 0.5) is 4.39 Å². The number of hydrogen-bond acceptors (Lipinski definition) is 3. The van der Waals surface area contributed by atoms with Gasteiger partial charge in [-0.25, -0.2) is 9.38 Å². The van der Waals surface area contributed by atoms with E-state index in [1.807, 2.05) is 13.0 Å². The third-order valence-electron chi connectivity index (χ3n) is 2.73. The molecule has 1 aliphatic rings. The van der Waals surface area contributed by atoms with Crippen LogP contribution in [0.25, 0.3) is 0 Å². The summed E-state index contributed by atoms with van der Waals surface area (Å²) in [6.07, 6.45) is 0.733. The largest absolute Gasteiger partial charge is 0.462 e. The van der Waals surface area contributed by atoms with Crippen LogP contribution in [0.2, 0.25) is 0 Å². The molecule has 4 heteroatoms. The molecule has 1 aromatic carbocycles. The first-order valence-corrected chi connectivity index (χ1v) is 4.90. The van der Waals surface area contributed by atoms with E-state index in [0.29, 0.717) is 6.61 Å². The van der Waals surface area contributed by atoms with Crippen LogP contribution in [0, 0.1) is 5.82 Å². The maximum atomic E-state index is 13.1. The molecule has 0 saturated carbocycles. The second kappa shape index (κ2) is 3.53. The zero-order chi connectivity index (χ0) is 10.9. The number of halogens is 1. The van der Waals surface area contributed by atoms with Crippen molar-refractivity contribution in [1.82, 2.24) is 0 Å². The van der Waals surface area contributed by atoms with Crippen molar-refractivity contribution in [3.05, 3.63) is 35.6 Å². The molecule has 0 fully saturated rings. The van der Waals surface area contributed by atoms with Crippen LogP contribution < -0.4 is 5.73 Å². The fraction of sp³-hybridized carbons (Fsp3) is 0.364. The molecule has 1 aliphatic heterocycles. The smallest absolute Gasteiger partial charge is 0.283 e. The molecule has 0 aromatic heterocycles. The van der Waals surface area contributed by atoms with Crippen LogP contribution in [0.1, 0.15) is 18.9 Å². The number of amidine groups is 1. The van der Waals surface area contributed by atoms with Gasteiger partial charge in [0.2, 0.25) is 0 Å². The van der Waals surface area contributed by atoms with E-state index in [2.05, 4.69) is 4.99 Å². The van der Waals surface area contributed by atoms with Gasteiger partial charge in [0.15, 0.2) is 0 Å². The molecule has 0 saturated heterocycles. The average Bonchev–Trinajstić information content (AvgIpc) is 2.61.